The molecule has 0 spiro atoms. The molecule has 2 nitrogen and oxygen atoms in total. The van der Waals surface area contributed by atoms with Crippen molar-refractivity contribution in [3.8, 4) is 0 Å². The van der Waals surface area contributed by atoms with Crippen LogP contribution < -0.4 is 5.32 Å². The molecule has 0 saturated heterocycles. The van der Waals surface area contributed by atoms with Crippen LogP contribution in [0.15, 0.2) is 18.3 Å². The maximum atomic E-state index is 4.55. The van der Waals surface area contributed by atoms with Crippen LogP contribution >= 0.6 is 11.8 Å². The van der Waals surface area contributed by atoms with E-state index >= 15 is 0 Å². The number of thioether (sulfide) groups is 1. The molecule has 102 valence electrons. The smallest absolute Gasteiger partial charge is 0.0419 e. The minimum absolute atomic E-state index is 0.548. The molecule has 0 aliphatic heterocycles. The lowest BCUT2D eigenvalue weighted by atomic mass is 10.1. The van der Waals surface area contributed by atoms with E-state index in [9.17, 15) is 0 Å². The van der Waals surface area contributed by atoms with Gasteiger partial charge in [-0.25, -0.2) is 0 Å². The van der Waals surface area contributed by atoms with Crippen LogP contribution in [-0.2, 0) is 12.8 Å². The maximum Gasteiger partial charge on any atom is 0.0419 e. The molecule has 0 amide bonds. The SMILES string of the molecule is CCCSCC(Cc1ccc(CC)cn1)NCC. The molecule has 1 aromatic rings. The van der Waals surface area contributed by atoms with Crippen molar-refractivity contribution in [1.82, 2.24) is 10.3 Å². The van der Waals surface area contributed by atoms with Gasteiger partial charge in [0, 0.05) is 30.1 Å². The van der Waals surface area contributed by atoms with Gasteiger partial charge in [0.2, 0.25) is 0 Å². The van der Waals surface area contributed by atoms with Gasteiger partial charge in [-0.05, 0) is 36.8 Å². The quantitative estimate of drug-likeness (QED) is 0.694. The number of likely N-dealkylation sites (N-methyl/N-ethyl adjacent to an activating group) is 1. The molecule has 0 aliphatic rings. The third-order valence-corrected chi connectivity index (χ3v) is 4.25. The van der Waals surface area contributed by atoms with Crippen LogP contribution in [0.5, 0.6) is 0 Å². The number of hydrogen-bond acceptors (Lipinski definition) is 3. The molecule has 0 aromatic carbocycles. The monoisotopic (exact) mass is 266 g/mol. The van der Waals surface area contributed by atoms with Crippen molar-refractivity contribution in [3.63, 3.8) is 0 Å². The average Bonchev–Trinajstić information content (AvgIpc) is 2.40. The summed E-state index contributed by atoms with van der Waals surface area (Å²) in [4.78, 5) is 4.55. The molecule has 3 heteroatoms. The predicted octanol–water partition coefficient (Wildman–Crippen LogP) is 3.31. The Labute approximate surface area is 116 Å². The molecule has 1 aromatic heterocycles. The standard InChI is InChI=1S/C15H26N2S/c1-4-9-18-12-15(16-6-3)10-14-8-7-13(5-2)11-17-14/h7-8,11,15-16H,4-6,9-10,12H2,1-3H3. The summed E-state index contributed by atoms with van der Waals surface area (Å²) in [6.07, 6.45) is 5.37. The summed E-state index contributed by atoms with van der Waals surface area (Å²) in [7, 11) is 0. The third kappa shape index (κ3) is 5.87. The van der Waals surface area contributed by atoms with E-state index < -0.39 is 0 Å². The van der Waals surface area contributed by atoms with Crippen molar-refractivity contribution in [3.05, 3.63) is 29.6 Å². The number of aromatic nitrogens is 1. The van der Waals surface area contributed by atoms with Gasteiger partial charge < -0.3 is 5.32 Å². The molecule has 0 aliphatic carbocycles. The molecule has 18 heavy (non-hydrogen) atoms. The zero-order valence-electron chi connectivity index (χ0n) is 11.9. The highest BCUT2D eigenvalue weighted by Crippen LogP contribution is 2.09. The second-order valence-electron chi connectivity index (χ2n) is 4.54. The Hall–Kier alpha value is -0.540. The van der Waals surface area contributed by atoms with Crippen molar-refractivity contribution in [2.75, 3.05) is 18.1 Å². The Morgan fingerprint density at radius 2 is 2.11 bits per heavy atom. The molecule has 0 bridgehead atoms. The zero-order valence-corrected chi connectivity index (χ0v) is 12.7. The van der Waals surface area contributed by atoms with Gasteiger partial charge in [-0.15, -0.1) is 0 Å². The van der Waals surface area contributed by atoms with E-state index in [1.54, 1.807) is 0 Å². The van der Waals surface area contributed by atoms with Crippen LogP contribution in [0.2, 0.25) is 0 Å². The van der Waals surface area contributed by atoms with Gasteiger partial charge in [0.1, 0.15) is 0 Å². The first-order valence-electron chi connectivity index (χ1n) is 7.05. The molecule has 1 unspecified atom stereocenters. The Balaban J connectivity index is 2.47. The molecule has 1 heterocycles. The highest BCUT2D eigenvalue weighted by atomic mass is 32.2. The molecular weight excluding hydrogens is 240 g/mol. The molecule has 0 fully saturated rings. The normalized spacial score (nSPS) is 12.6. The fraction of sp³-hybridized carbons (Fsp3) is 0.667. The van der Waals surface area contributed by atoms with Crippen molar-refractivity contribution in [1.29, 1.82) is 0 Å². The topological polar surface area (TPSA) is 24.9 Å². The van der Waals surface area contributed by atoms with Gasteiger partial charge in [-0.2, -0.15) is 11.8 Å². The van der Waals surface area contributed by atoms with E-state index in [4.69, 9.17) is 0 Å². The van der Waals surface area contributed by atoms with Crippen LogP contribution in [0.25, 0.3) is 0 Å². The number of nitrogens with zero attached hydrogens (tertiary/aromatic N) is 1. The highest BCUT2D eigenvalue weighted by Gasteiger charge is 2.09. The van der Waals surface area contributed by atoms with Gasteiger partial charge >= 0.3 is 0 Å². The zero-order chi connectivity index (χ0) is 13.2. The maximum absolute atomic E-state index is 4.55. The molecule has 0 saturated carbocycles. The van der Waals surface area contributed by atoms with Crippen molar-refractivity contribution in [2.24, 2.45) is 0 Å². The van der Waals surface area contributed by atoms with Crippen molar-refractivity contribution >= 4 is 11.8 Å². The Kier molecular flexibility index (Phi) is 8.10. The summed E-state index contributed by atoms with van der Waals surface area (Å²) in [5, 5.41) is 3.56. The Bertz CT molecular complexity index is 311. The van der Waals surface area contributed by atoms with E-state index in [1.165, 1.54) is 29.2 Å². The number of hydrogen-bond donors (Lipinski definition) is 1. The number of pyridine rings is 1. The lowest BCUT2D eigenvalue weighted by molar-refractivity contribution is 0.566. The molecule has 1 rings (SSSR count). The fourth-order valence-corrected chi connectivity index (χ4v) is 2.86. The second kappa shape index (κ2) is 9.40. The van der Waals surface area contributed by atoms with Gasteiger partial charge in [0.25, 0.3) is 0 Å². The summed E-state index contributed by atoms with van der Waals surface area (Å²) < 4.78 is 0. The van der Waals surface area contributed by atoms with Gasteiger partial charge in [0.05, 0.1) is 0 Å². The fourth-order valence-electron chi connectivity index (χ4n) is 1.89. The summed E-state index contributed by atoms with van der Waals surface area (Å²) in [6, 6.07) is 4.92. The van der Waals surface area contributed by atoms with Crippen LogP contribution in [0.1, 0.15) is 38.4 Å². The van der Waals surface area contributed by atoms with E-state index in [1.807, 2.05) is 18.0 Å². The summed E-state index contributed by atoms with van der Waals surface area (Å²) in [5.41, 5.74) is 2.52. The minimum atomic E-state index is 0.548. The molecule has 0 radical (unpaired) electrons. The highest BCUT2D eigenvalue weighted by molar-refractivity contribution is 7.99. The lowest BCUT2D eigenvalue weighted by Crippen LogP contribution is -2.33. The average molecular weight is 266 g/mol. The van der Waals surface area contributed by atoms with Gasteiger partial charge in [-0.3, -0.25) is 4.98 Å². The predicted molar refractivity (Wildman–Crippen MR) is 82.4 cm³/mol. The largest absolute Gasteiger partial charge is 0.313 e. The lowest BCUT2D eigenvalue weighted by Gasteiger charge is -2.17. The number of aryl methyl sites for hydroxylation is 1. The number of rotatable bonds is 9. The number of nitrogens with one attached hydrogen (secondary N) is 1. The summed E-state index contributed by atoms with van der Waals surface area (Å²) >= 11 is 2.04. The van der Waals surface area contributed by atoms with Crippen LogP contribution in [0, 0.1) is 0 Å². The summed E-state index contributed by atoms with van der Waals surface area (Å²) in [6.45, 7) is 7.61. The first-order chi connectivity index (χ1) is 8.80. The van der Waals surface area contributed by atoms with Crippen molar-refractivity contribution in [2.45, 2.75) is 46.1 Å². The third-order valence-electron chi connectivity index (χ3n) is 2.91. The van der Waals surface area contributed by atoms with Gasteiger partial charge in [-0.1, -0.05) is 26.8 Å². The molecular formula is C15H26N2S. The Morgan fingerprint density at radius 3 is 2.67 bits per heavy atom. The van der Waals surface area contributed by atoms with Crippen LogP contribution in [0.4, 0.5) is 0 Å². The second-order valence-corrected chi connectivity index (χ2v) is 5.69. The Morgan fingerprint density at radius 1 is 1.28 bits per heavy atom. The van der Waals surface area contributed by atoms with Crippen LogP contribution in [0.3, 0.4) is 0 Å². The summed E-state index contributed by atoms with van der Waals surface area (Å²) in [5.74, 6) is 2.43. The van der Waals surface area contributed by atoms with E-state index in [0.29, 0.717) is 6.04 Å². The van der Waals surface area contributed by atoms with E-state index in [-0.39, 0.29) is 0 Å². The van der Waals surface area contributed by atoms with Crippen LogP contribution in [-0.4, -0.2) is 29.1 Å². The molecule has 1 N–H and O–H groups in total. The minimum Gasteiger partial charge on any atom is -0.313 e. The van der Waals surface area contributed by atoms with E-state index in [2.05, 4.69) is 43.2 Å². The van der Waals surface area contributed by atoms with E-state index in [0.717, 1.165) is 19.4 Å². The molecule has 1 atom stereocenters. The first-order valence-corrected chi connectivity index (χ1v) is 8.20. The van der Waals surface area contributed by atoms with Gasteiger partial charge in [0.15, 0.2) is 0 Å². The first kappa shape index (κ1) is 15.5. The van der Waals surface area contributed by atoms with Crippen molar-refractivity contribution < 1.29 is 0 Å².